The Kier molecular flexibility index (Phi) is 132. The average molecular weight is 1500 g/mol. The first-order valence-corrected chi connectivity index (χ1v) is 41.7. The highest BCUT2D eigenvalue weighted by Crippen LogP contribution is 2.25. The molecule has 0 heterocycles. The van der Waals surface area contributed by atoms with Crippen molar-refractivity contribution in [3.8, 4) is 0 Å². The van der Waals surface area contributed by atoms with Gasteiger partial charge >= 0.3 is 70.2 Å². The van der Waals surface area contributed by atoms with Crippen molar-refractivity contribution in [2.75, 3.05) is 243 Å². The van der Waals surface area contributed by atoms with Gasteiger partial charge in [0, 0.05) is 177 Å². The monoisotopic (exact) mass is 1500 g/mol. The Morgan fingerprint density at radius 2 is 0.418 bits per heavy atom. The van der Waals surface area contributed by atoms with Gasteiger partial charge < -0.3 is 130 Å². The summed E-state index contributed by atoms with van der Waals surface area (Å²) in [4.78, 5) is 0. The predicted molar refractivity (Wildman–Crippen MR) is 392 cm³/mol. The van der Waals surface area contributed by atoms with Crippen LogP contribution >= 0.6 is 0 Å². The lowest BCUT2D eigenvalue weighted by Gasteiger charge is -2.32. The van der Waals surface area contributed by atoms with Crippen LogP contribution in [0.5, 0.6) is 0 Å². The molecule has 582 valence electrons. The minimum Gasteiger partial charge on any atom is -0.398 e. The molecule has 0 aromatic carbocycles. The molecule has 0 N–H and O–H groups in total. The smallest absolute Gasteiger partial charge is 0.398 e. The second-order valence-electron chi connectivity index (χ2n) is 15.7. The van der Waals surface area contributed by atoms with Gasteiger partial charge in [0.05, 0.1) is 90.6 Å². The molecule has 29 nitrogen and oxygen atoms in total. The highest BCUT2D eigenvalue weighted by atomic mass is 28.5. The fourth-order valence-electron chi connectivity index (χ4n) is 4.92. The second kappa shape index (κ2) is 86.7. The molecule has 1 unspecified atom stereocenters. The van der Waals surface area contributed by atoms with Crippen LogP contribution in [0.2, 0.25) is 44.1 Å². The van der Waals surface area contributed by atoms with Crippen molar-refractivity contribution in [2.24, 2.45) is 0 Å². The SMILES string of the molecule is C.C.C.C.C.C.C.C.C.C.C.C.COCCO[Si](C)(C)OC.COCCO[Si](C)(C[Si](OC)(OC)OC)OC.COCCO[Si](C)(OC)OC.COCCO[Si](C)(OC)OC.COCCO[Si](C[Si](OC)(OC)OC)(OC)OC.COCCO[Si](OC)(OC)OC. The summed E-state index contributed by atoms with van der Waals surface area (Å²) in [6, 6.07) is 0. The maximum absolute atomic E-state index is 5.77. The quantitative estimate of drug-likeness (QED) is 0.0405. The van der Waals surface area contributed by atoms with Crippen LogP contribution in [0, 0.1) is 0 Å². The van der Waals surface area contributed by atoms with Crippen LogP contribution < -0.4 is 0 Å². The summed E-state index contributed by atoms with van der Waals surface area (Å²) in [5.74, 6) is 0. The van der Waals surface area contributed by atoms with E-state index in [0.29, 0.717) is 90.6 Å². The third-order valence-electron chi connectivity index (χ3n) is 10.5. The summed E-state index contributed by atoms with van der Waals surface area (Å²) in [5, 5.41) is 0. The maximum Gasteiger partial charge on any atom is 0.678 e. The zero-order valence-electron chi connectivity index (χ0n) is 53.7. The molecule has 0 rings (SSSR count). The van der Waals surface area contributed by atoms with Crippen molar-refractivity contribution < 1.29 is 130 Å². The molecule has 1 atom stereocenters. The minimum atomic E-state index is -2.87. The van der Waals surface area contributed by atoms with Crippen LogP contribution in [0.1, 0.15) is 89.1 Å². The summed E-state index contributed by atoms with van der Waals surface area (Å²) < 4.78 is 151. The van der Waals surface area contributed by atoms with Crippen molar-refractivity contribution in [3.05, 3.63) is 0 Å². The average Bonchev–Trinajstić information content (AvgIpc) is 3.48. The highest BCUT2D eigenvalue weighted by Gasteiger charge is 2.54. The summed E-state index contributed by atoms with van der Waals surface area (Å²) in [6.45, 7) is 15.8. The van der Waals surface area contributed by atoms with Gasteiger partial charge in [0.2, 0.25) is 0 Å². The Hall–Kier alpha value is 0.575. The van der Waals surface area contributed by atoms with Crippen molar-refractivity contribution in [3.63, 3.8) is 0 Å². The van der Waals surface area contributed by atoms with Crippen LogP contribution in [-0.2, 0) is 130 Å². The predicted octanol–water partition coefficient (Wildman–Crippen LogP) is 10.8. The lowest BCUT2D eigenvalue weighted by atomic mass is 10.8. The molecular formula is C54H160O29Si8. The first-order chi connectivity index (χ1) is 37.3. The lowest BCUT2D eigenvalue weighted by Crippen LogP contribution is -2.56. The van der Waals surface area contributed by atoms with Crippen LogP contribution in [0.3, 0.4) is 0 Å². The van der Waals surface area contributed by atoms with Gasteiger partial charge in [-0.25, -0.2) is 0 Å². The Morgan fingerprint density at radius 3 is 0.637 bits per heavy atom. The zero-order valence-corrected chi connectivity index (χ0v) is 61.7. The number of hydrogen-bond acceptors (Lipinski definition) is 29. The van der Waals surface area contributed by atoms with Gasteiger partial charge in [0.15, 0.2) is 0 Å². The van der Waals surface area contributed by atoms with Crippen LogP contribution in [0.4, 0.5) is 0 Å². The molecule has 0 aromatic rings. The molecule has 0 saturated heterocycles. The van der Waals surface area contributed by atoms with Crippen molar-refractivity contribution >= 4 is 70.2 Å². The Balaban J connectivity index is -0.0000000433. The first kappa shape index (κ1) is 139. The van der Waals surface area contributed by atoms with E-state index >= 15 is 0 Å². The molecule has 0 fully saturated rings. The number of rotatable bonds is 45. The van der Waals surface area contributed by atoms with Crippen molar-refractivity contribution in [1.82, 2.24) is 0 Å². The molecular weight excluding hydrogens is 1340 g/mol. The molecule has 37 heteroatoms. The van der Waals surface area contributed by atoms with Gasteiger partial charge in [-0.15, -0.1) is 0 Å². The van der Waals surface area contributed by atoms with E-state index < -0.39 is 70.2 Å². The van der Waals surface area contributed by atoms with Crippen molar-refractivity contribution in [1.29, 1.82) is 0 Å². The zero-order chi connectivity index (χ0) is 62.4. The largest absolute Gasteiger partial charge is 0.678 e. The van der Waals surface area contributed by atoms with Crippen LogP contribution in [0.25, 0.3) is 0 Å². The third-order valence-corrected chi connectivity index (χ3v) is 34.0. The van der Waals surface area contributed by atoms with E-state index in [4.69, 9.17) is 130 Å². The molecule has 0 aliphatic carbocycles. The molecule has 0 saturated carbocycles. The van der Waals surface area contributed by atoms with E-state index in [1.54, 1.807) is 142 Å². The molecule has 0 aliphatic heterocycles. The van der Waals surface area contributed by atoms with Crippen molar-refractivity contribution in [2.45, 2.75) is 133 Å². The molecule has 0 aliphatic rings. The number of methoxy groups -OCH3 is 6. The molecule has 0 amide bonds. The van der Waals surface area contributed by atoms with Crippen LogP contribution in [0.15, 0.2) is 0 Å². The molecule has 0 aromatic heterocycles. The van der Waals surface area contributed by atoms with Crippen LogP contribution in [-0.4, -0.2) is 313 Å². The molecule has 91 heavy (non-hydrogen) atoms. The molecule has 0 spiro atoms. The Bertz CT molecular complexity index is 1210. The molecule has 0 radical (unpaired) electrons. The van der Waals surface area contributed by atoms with E-state index in [1.165, 1.54) is 21.3 Å². The topological polar surface area (TPSA) is 268 Å². The standard InChI is InChI=1S/C9H24O7Si2.C9H24O6Si2.C6H16O5Si.2C6H16O4Si.C6H16O3Si.12CH4/c1-10-7-8-16-18(14-5,15-6)9-17(11-2,12-3)13-4;1-10-7-8-15-16(6,11-2)9-17(12-3,13-4)14-5;1-7-5-6-11-12(8-2,9-3)10-4;2*1-7-5-6-10-11(4,8-2)9-3;1-7-5-6-9-10(3,4)8-2;;;;;;;;;;;;/h7-9H2,1-6H3;7-9H2,1-6H3;5-6H2,1-4H3;2*5-6H2,1-4H3;5-6H2,1-4H3;12*1H4. The fraction of sp³-hybridized carbons (Fsp3) is 1.00. The van der Waals surface area contributed by atoms with E-state index in [0.717, 1.165) is 0 Å². The Labute approximate surface area is 573 Å². The van der Waals surface area contributed by atoms with E-state index in [-0.39, 0.29) is 89.1 Å². The Morgan fingerprint density at radius 1 is 0.187 bits per heavy atom. The summed E-state index contributed by atoms with van der Waals surface area (Å²) in [6.07, 6.45) is 0. The third kappa shape index (κ3) is 71.7. The van der Waals surface area contributed by atoms with Gasteiger partial charge in [0.25, 0.3) is 0 Å². The summed E-state index contributed by atoms with van der Waals surface area (Å²) in [7, 11) is 16.4. The first-order valence-electron chi connectivity index (χ1n) is 24.5. The minimum absolute atomic E-state index is 0. The van der Waals surface area contributed by atoms with Gasteiger partial charge in [-0.05, 0) is 19.6 Å². The van der Waals surface area contributed by atoms with E-state index in [1.807, 2.05) is 32.7 Å². The van der Waals surface area contributed by atoms with E-state index in [2.05, 4.69) is 0 Å². The fourth-order valence-corrected chi connectivity index (χ4v) is 22.2. The summed E-state index contributed by atoms with van der Waals surface area (Å²) >= 11 is 0. The van der Waals surface area contributed by atoms with Gasteiger partial charge in [-0.1, -0.05) is 89.1 Å². The number of ether oxygens (including phenoxy) is 6. The van der Waals surface area contributed by atoms with E-state index in [9.17, 15) is 0 Å². The lowest BCUT2D eigenvalue weighted by molar-refractivity contribution is -0.00674. The highest BCUT2D eigenvalue weighted by molar-refractivity contribution is 6.82. The van der Waals surface area contributed by atoms with Gasteiger partial charge in [-0.3, -0.25) is 0 Å². The van der Waals surface area contributed by atoms with Gasteiger partial charge in [0.1, 0.15) is 0 Å². The summed E-state index contributed by atoms with van der Waals surface area (Å²) in [5.41, 5.74) is 0.893. The molecule has 0 bridgehead atoms. The normalized spacial score (nSPS) is 11.3. The second-order valence-corrected chi connectivity index (χ2v) is 40.8. The number of hydrogen-bond donors (Lipinski definition) is 0. The maximum atomic E-state index is 5.77. The van der Waals surface area contributed by atoms with Gasteiger partial charge in [-0.2, -0.15) is 0 Å².